The lowest BCUT2D eigenvalue weighted by Gasteiger charge is -2.18. The lowest BCUT2D eigenvalue weighted by Crippen LogP contribution is -2.42. The first-order valence-corrected chi connectivity index (χ1v) is 12.2. The largest absolute Gasteiger partial charge is 0.490 e. The van der Waals surface area contributed by atoms with Crippen LogP contribution in [0, 0.1) is 3.57 Å². The maximum Gasteiger partial charge on any atom is 0.328 e. The van der Waals surface area contributed by atoms with Crippen molar-refractivity contribution >= 4 is 69.1 Å². The van der Waals surface area contributed by atoms with Crippen molar-refractivity contribution in [3.05, 3.63) is 61.0 Å². The molecule has 174 valence electrons. The Bertz CT molecular complexity index is 1100. The second-order valence-corrected chi connectivity index (χ2v) is 9.52. The highest BCUT2D eigenvalue weighted by Gasteiger charge is 2.41. The lowest BCUT2D eigenvalue weighted by atomic mass is 10.1. The van der Waals surface area contributed by atoms with Crippen molar-refractivity contribution in [1.82, 2.24) is 4.90 Å². The van der Waals surface area contributed by atoms with Crippen LogP contribution in [0.15, 0.2) is 41.3 Å². The molecule has 0 aliphatic carbocycles. The number of carbonyl (C=O) groups is 3. The van der Waals surface area contributed by atoms with Crippen LogP contribution < -0.4 is 9.47 Å². The third-order valence-electron chi connectivity index (χ3n) is 4.68. The molecule has 1 aliphatic rings. The van der Waals surface area contributed by atoms with E-state index in [0.717, 1.165) is 25.8 Å². The number of halogens is 2. The number of amides is 2. The monoisotopic (exact) mass is 601 g/mol. The fraction of sp³-hybridized carbons (Fsp3) is 0.261. The smallest absolute Gasteiger partial charge is 0.328 e. The Morgan fingerprint density at radius 3 is 2.55 bits per heavy atom. The van der Waals surface area contributed by atoms with Crippen LogP contribution in [0.4, 0.5) is 4.79 Å². The molecule has 0 radical (unpaired) electrons. The number of esters is 1. The molecule has 1 saturated heterocycles. The average Bonchev–Trinajstić information content (AvgIpc) is 3.06. The van der Waals surface area contributed by atoms with Crippen LogP contribution in [0.25, 0.3) is 6.08 Å². The van der Waals surface area contributed by atoms with Gasteiger partial charge in [-0.15, -0.1) is 0 Å². The number of hydrogen-bond donors (Lipinski definition) is 0. The van der Waals surface area contributed by atoms with Gasteiger partial charge in [-0.1, -0.05) is 23.7 Å². The third-order valence-corrected chi connectivity index (χ3v) is 6.62. The van der Waals surface area contributed by atoms with E-state index >= 15 is 0 Å². The zero-order valence-electron chi connectivity index (χ0n) is 18.1. The van der Waals surface area contributed by atoms with Crippen LogP contribution in [0.3, 0.4) is 0 Å². The van der Waals surface area contributed by atoms with Gasteiger partial charge in [0.2, 0.25) is 0 Å². The number of rotatable bonds is 8. The Morgan fingerprint density at radius 1 is 1.21 bits per heavy atom. The van der Waals surface area contributed by atoms with Gasteiger partial charge in [-0.2, -0.15) is 0 Å². The zero-order valence-corrected chi connectivity index (χ0v) is 21.8. The highest BCUT2D eigenvalue weighted by Crippen LogP contribution is 2.38. The normalized spacial score (nSPS) is 15.7. The number of ether oxygens (including phenoxy) is 3. The molecule has 0 aromatic heterocycles. The summed E-state index contributed by atoms with van der Waals surface area (Å²) in [6.07, 6.45) is 1.60. The van der Waals surface area contributed by atoms with E-state index in [1.54, 1.807) is 24.3 Å². The minimum absolute atomic E-state index is 0.212. The number of nitrogens with zero attached hydrogens (tertiary/aromatic N) is 1. The number of methoxy groups -OCH3 is 1. The third kappa shape index (κ3) is 6.01. The molecule has 10 heteroatoms. The van der Waals surface area contributed by atoms with Gasteiger partial charge >= 0.3 is 5.97 Å². The van der Waals surface area contributed by atoms with Gasteiger partial charge in [0, 0.05) is 5.02 Å². The number of thioether (sulfide) groups is 1. The average molecular weight is 602 g/mol. The van der Waals surface area contributed by atoms with E-state index in [-0.39, 0.29) is 4.91 Å². The van der Waals surface area contributed by atoms with E-state index < -0.39 is 23.2 Å². The van der Waals surface area contributed by atoms with Gasteiger partial charge in [0.15, 0.2) is 11.5 Å². The molecule has 1 atom stereocenters. The Kier molecular flexibility index (Phi) is 8.66. The molecule has 1 heterocycles. The first-order valence-electron chi connectivity index (χ1n) is 9.93. The van der Waals surface area contributed by atoms with Gasteiger partial charge < -0.3 is 14.2 Å². The molecule has 0 N–H and O–H groups in total. The van der Waals surface area contributed by atoms with Crippen molar-refractivity contribution in [1.29, 1.82) is 0 Å². The number of imide groups is 1. The molecule has 2 aromatic carbocycles. The second kappa shape index (κ2) is 11.3. The van der Waals surface area contributed by atoms with Crippen molar-refractivity contribution in [2.24, 2.45) is 0 Å². The molecule has 0 saturated carbocycles. The van der Waals surface area contributed by atoms with Gasteiger partial charge in [-0.05, 0) is 89.7 Å². The molecular weight excluding hydrogens is 581 g/mol. The van der Waals surface area contributed by atoms with Crippen molar-refractivity contribution in [2.45, 2.75) is 26.5 Å². The maximum atomic E-state index is 12.8. The fourth-order valence-electron chi connectivity index (χ4n) is 3.05. The topological polar surface area (TPSA) is 82.1 Å². The Labute approximate surface area is 214 Å². The molecule has 1 fully saturated rings. The van der Waals surface area contributed by atoms with E-state index in [0.29, 0.717) is 35.3 Å². The summed E-state index contributed by atoms with van der Waals surface area (Å²) < 4.78 is 17.2. The minimum Gasteiger partial charge on any atom is -0.490 e. The molecular formula is C23H21ClINO6S. The fourth-order valence-corrected chi connectivity index (χ4v) is 4.87. The minimum atomic E-state index is -1.00. The Morgan fingerprint density at radius 2 is 1.91 bits per heavy atom. The van der Waals surface area contributed by atoms with E-state index in [2.05, 4.69) is 27.3 Å². The summed E-state index contributed by atoms with van der Waals surface area (Å²) in [5.41, 5.74) is 1.62. The molecule has 0 spiro atoms. The van der Waals surface area contributed by atoms with Gasteiger partial charge in [0.05, 0.1) is 22.2 Å². The molecule has 0 bridgehead atoms. The van der Waals surface area contributed by atoms with E-state index in [1.807, 2.05) is 25.1 Å². The number of carbonyl (C=O) groups excluding carboxylic acids is 3. The van der Waals surface area contributed by atoms with Crippen LogP contribution in [0.2, 0.25) is 5.02 Å². The predicted octanol–water partition coefficient (Wildman–Crippen LogP) is 5.52. The zero-order chi connectivity index (χ0) is 24.1. The molecule has 7 nitrogen and oxygen atoms in total. The highest BCUT2D eigenvalue weighted by molar-refractivity contribution is 14.1. The molecule has 33 heavy (non-hydrogen) atoms. The van der Waals surface area contributed by atoms with Crippen molar-refractivity contribution < 1.29 is 28.6 Å². The van der Waals surface area contributed by atoms with Crippen molar-refractivity contribution in [3.63, 3.8) is 0 Å². The van der Waals surface area contributed by atoms with Crippen molar-refractivity contribution in [2.75, 3.05) is 13.7 Å². The summed E-state index contributed by atoms with van der Waals surface area (Å²) in [4.78, 5) is 38.0. The van der Waals surface area contributed by atoms with Crippen LogP contribution in [0.1, 0.15) is 25.0 Å². The van der Waals surface area contributed by atoms with Crippen LogP contribution in [-0.4, -0.2) is 41.8 Å². The van der Waals surface area contributed by atoms with Crippen molar-refractivity contribution in [3.8, 4) is 11.5 Å². The standard InChI is InChI=1S/C23H21ClINO6S/c1-4-31-18-10-15(9-17(25)20(18)32-12-14-5-7-16(24)8-6-14)11-19-21(27)26(23(29)33-19)13(2)22(28)30-3/h5-11,13H,4,12H2,1-3H3/b19-11+/t13-/m0/s1. The lowest BCUT2D eigenvalue weighted by molar-refractivity contribution is -0.148. The van der Waals surface area contributed by atoms with Crippen LogP contribution >= 0.6 is 46.0 Å². The van der Waals surface area contributed by atoms with E-state index in [9.17, 15) is 14.4 Å². The van der Waals surface area contributed by atoms with Gasteiger partial charge in [0.25, 0.3) is 11.1 Å². The summed E-state index contributed by atoms with van der Waals surface area (Å²) in [5.74, 6) is -0.100. The molecule has 2 amide bonds. The molecule has 3 rings (SSSR count). The summed E-state index contributed by atoms with van der Waals surface area (Å²) in [5, 5.41) is 0.130. The summed E-state index contributed by atoms with van der Waals surface area (Å²) in [7, 11) is 1.21. The van der Waals surface area contributed by atoms with E-state index in [1.165, 1.54) is 14.0 Å². The molecule has 0 unspecified atom stereocenters. The molecule has 1 aliphatic heterocycles. The van der Waals surface area contributed by atoms with E-state index in [4.69, 9.17) is 21.1 Å². The number of hydrogen-bond acceptors (Lipinski definition) is 7. The Hall–Kier alpha value is -2.24. The SMILES string of the molecule is CCOc1cc(/C=C2/SC(=O)N([C@@H](C)C(=O)OC)C2=O)cc(I)c1OCc1ccc(Cl)cc1. The first kappa shape index (κ1) is 25.4. The first-order chi connectivity index (χ1) is 15.7. The van der Waals surface area contributed by atoms with Gasteiger partial charge in [0.1, 0.15) is 12.6 Å². The summed E-state index contributed by atoms with van der Waals surface area (Å²) >= 11 is 8.85. The highest BCUT2D eigenvalue weighted by atomic mass is 127. The van der Waals surface area contributed by atoms with Gasteiger partial charge in [-0.25, -0.2) is 4.79 Å². The molecule has 2 aromatic rings. The van der Waals surface area contributed by atoms with Crippen LogP contribution in [-0.2, 0) is 20.9 Å². The van der Waals surface area contributed by atoms with Gasteiger partial charge in [-0.3, -0.25) is 14.5 Å². The van der Waals surface area contributed by atoms with Crippen LogP contribution in [0.5, 0.6) is 11.5 Å². The Balaban J connectivity index is 1.86. The second-order valence-electron chi connectivity index (χ2n) is 6.93. The maximum absolute atomic E-state index is 12.8. The predicted molar refractivity (Wildman–Crippen MR) is 135 cm³/mol. The summed E-state index contributed by atoms with van der Waals surface area (Å²) in [6, 6.07) is 9.94. The quantitative estimate of drug-likeness (QED) is 0.224. The number of benzene rings is 2. The summed E-state index contributed by atoms with van der Waals surface area (Å²) in [6.45, 7) is 4.07.